The predicted molar refractivity (Wildman–Crippen MR) is 63.5 cm³/mol. The summed E-state index contributed by atoms with van der Waals surface area (Å²) >= 11 is 0. The highest BCUT2D eigenvalue weighted by atomic mass is 32.2. The summed E-state index contributed by atoms with van der Waals surface area (Å²) < 4.78 is 25.8. The third kappa shape index (κ3) is 2.12. The molecule has 1 amide bonds. The van der Waals surface area contributed by atoms with Crippen molar-refractivity contribution in [3.8, 4) is 0 Å². The highest BCUT2D eigenvalue weighted by Gasteiger charge is 2.36. The highest BCUT2D eigenvalue weighted by molar-refractivity contribution is 7.92. The first-order valence-corrected chi connectivity index (χ1v) is 7.36. The summed E-state index contributed by atoms with van der Waals surface area (Å²) in [4.78, 5) is 13.7. The van der Waals surface area contributed by atoms with E-state index in [2.05, 4.69) is 10.2 Å². The Morgan fingerprint density at radius 2 is 2.00 bits per heavy atom. The van der Waals surface area contributed by atoms with E-state index in [1.54, 1.807) is 11.9 Å². The van der Waals surface area contributed by atoms with Gasteiger partial charge in [-0.1, -0.05) is 0 Å². The predicted octanol–water partition coefficient (Wildman–Crippen LogP) is -0.400. The van der Waals surface area contributed by atoms with Gasteiger partial charge in [-0.3, -0.25) is 4.79 Å². The van der Waals surface area contributed by atoms with Gasteiger partial charge < -0.3 is 9.47 Å². The number of aromatic nitrogens is 3. The summed E-state index contributed by atoms with van der Waals surface area (Å²) in [6.45, 7) is 2.68. The standard InChI is InChI=1S/C10H16N4O3S/c1-8(9(15)14-5-3-4-6-14)18(16,17)10-12-11-7-13(10)2/h7-8H,3-6H2,1-2H3/t8-/m0/s1. The maximum Gasteiger partial charge on any atom is 0.250 e. The molecule has 0 radical (unpaired) electrons. The number of hydrogen-bond donors (Lipinski definition) is 0. The quantitative estimate of drug-likeness (QED) is 0.747. The van der Waals surface area contributed by atoms with Crippen LogP contribution in [0.15, 0.2) is 11.5 Å². The molecule has 0 bridgehead atoms. The molecule has 0 N–H and O–H groups in total. The van der Waals surface area contributed by atoms with E-state index < -0.39 is 15.1 Å². The molecule has 1 saturated heterocycles. The Bertz CT molecular complexity index is 545. The molecular weight excluding hydrogens is 256 g/mol. The molecule has 2 heterocycles. The molecule has 100 valence electrons. The minimum Gasteiger partial charge on any atom is -0.342 e. The zero-order valence-electron chi connectivity index (χ0n) is 10.4. The molecule has 0 unspecified atom stereocenters. The molecule has 1 aliphatic rings. The van der Waals surface area contributed by atoms with Gasteiger partial charge >= 0.3 is 0 Å². The van der Waals surface area contributed by atoms with Crippen molar-refractivity contribution in [1.29, 1.82) is 0 Å². The molecule has 0 saturated carbocycles. The van der Waals surface area contributed by atoms with Crippen LogP contribution in [0, 0.1) is 0 Å². The third-order valence-electron chi connectivity index (χ3n) is 3.16. The van der Waals surface area contributed by atoms with Gasteiger partial charge in [0, 0.05) is 20.1 Å². The second kappa shape index (κ2) is 4.68. The molecule has 8 heteroatoms. The largest absolute Gasteiger partial charge is 0.342 e. The zero-order valence-corrected chi connectivity index (χ0v) is 11.2. The Kier molecular flexibility index (Phi) is 3.38. The summed E-state index contributed by atoms with van der Waals surface area (Å²) in [5.74, 6) is -0.351. The molecule has 1 aliphatic heterocycles. The SMILES string of the molecule is C[C@@H](C(=O)N1CCCC1)S(=O)(=O)c1nncn1C. The molecule has 1 aromatic heterocycles. The van der Waals surface area contributed by atoms with Gasteiger partial charge in [-0.25, -0.2) is 8.42 Å². The molecular formula is C10H16N4O3S. The lowest BCUT2D eigenvalue weighted by Crippen LogP contribution is -2.40. The molecule has 1 atom stereocenters. The van der Waals surface area contributed by atoms with Crippen molar-refractivity contribution in [2.24, 2.45) is 7.05 Å². The van der Waals surface area contributed by atoms with Crippen LogP contribution in [0.5, 0.6) is 0 Å². The van der Waals surface area contributed by atoms with Crippen LogP contribution in [-0.4, -0.2) is 52.3 Å². The number of likely N-dealkylation sites (tertiary alicyclic amines) is 1. The number of aryl methyl sites for hydroxylation is 1. The summed E-state index contributed by atoms with van der Waals surface area (Å²) in [6, 6.07) is 0. The molecule has 1 fully saturated rings. The number of nitrogens with zero attached hydrogens (tertiary/aromatic N) is 4. The van der Waals surface area contributed by atoms with E-state index in [0.717, 1.165) is 12.8 Å². The van der Waals surface area contributed by atoms with Crippen LogP contribution >= 0.6 is 0 Å². The van der Waals surface area contributed by atoms with Crippen molar-refractivity contribution in [2.75, 3.05) is 13.1 Å². The van der Waals surface area contributed by atoms with Crippen LogP contribution in [0.4, 0.5) is 0 Å². The van der Waals surface area contributed by atoms with Crippen LogP contribution < -0.4 is 0 Å². The average Bonchev–Trinajstić information content (AvgIpc) is 2.97. The number of hydrogen-bond acceptors (Lipinski definition) is 5. The number of sulfone groups is 1. The highest BCUT2D eigenvalue weighted by Crippen LogP contribution is 2.17. The monoisotopic (exact) mass is 272 g/mol. The minimum absolute atomic E-state index is 0.164. The minimum atomic E-state index is -3.76. The van der Waals surface area contributed by atoms with Crippen molar-refractivity contribution in [1.82, 2.24) is 19.7 Å². The van der Waals surface area contributed by atoms with Crippen molar-refractivity contribution >= 4 is 15.7 Å². The van der Waals surface area contributed by atoms with Gasteiger partial charge in [0.25, 0.3) is 0 Å². The van der Waals surface area contributed by atoms with Crippen LogP contribution in [0.25, 0.3) is 0 Å². The summed E-state index contributed by atoms with van der Waals surface area (Å²) in [5.41, 5.74) is 0. The lowest BCUT2D eigenvalue weighted by molar-refractivity contribution is -0.129. The van der Waals surface area contributed by atoms with Gasteiger partial charge in [-0.05, 0) is 19.8 Å². The van der Waals surface area contributed by atoms with Crippen molar-refractivity contribution < 1.29 is 13.2 Å². The molecule has 0 aromatic carbocycles. The second-order valence-corrected chi connectivity index (χ2v) is 6.61. The number of carbonyl (C=O) groups excluding carboxylic acids is 1. The maximum atomic E-state index is 12.2. The van der Waals surface area contributed by atoms with Crippen molar-refractivity contribution in [3.05, 3.63) is 6.33 Å². The van der Waals surface area contributed by atoms with Crippen LogP contribution in [0.2, 0.25) is 0 Å². The summed E-state index contributed by atoms with van der Waals surface area (Å²) in [6.07, 6.45) is 3.17. The number of amides is 1. The van der Waals surface area contributed by atoms with Gasteiger partial charge in [-0.15, -0.1) is 10.2 Å². The fourth-order valence-electron chi connectivity index (χ4n) is 2.02. The first-order valence-electron chi connectivity index (χ1n) is 5.81. The van der Waals surface area contributed by atoms with Crippen molar-refractivity contribution in [2.45, 2.75) is 30.2 Å². The Hall–Kier alpha value is -1.44. The Labute approximate surface area is 106 Å². The van der Waals surface area contributed by atoms with Gasteiger partial charge in [0.2, 0.25) is 20.9 Å². The Balaban J connectivity index is 2.25. The van der Waals surface area contributed by atoms with E-state index in [0.29, 0.717) is 13.1 Å². The lowest BCUT2D eigenvalue weighted by Gasteiger charge is -2.19. The molecule has 18 heavy (non-hydrogen) atoms. The summed E-state index contributed by atoms with van der Waals surface area (Å²) in [5, 5.41) is 5.83. The second-order valence-electron chi connectivity index (χ2n) is 4.44. The Morgan fingerprint density at radius 3 is 2.50 bits per heavy atom. The molecule has 2 rings (SSSR count). The maximum absolute atomic E-state index is 12.2. The Morgan fingerprint density at radius 1 is 1.39 bits per heavy atom. The molecule has 1 aromatic rings. The van der Waals surface area contributed by atoms with E-state index in [1.807, 2.05) is 0 Å². The van der Waals surface area contributed by atoms with E-state index in [1.165, 1.54) is 17.8 Å². The fourth-order valence-corrected chi connectivity index (χ4v) is 3.36. The molecule has 0 spiro atoms. The van der Waals surface area contributed by atoms with E-state index in [-0.39, 0.29) is 11.1 Å². The van der Waals surface area contributed by atoms with Gasteiger partial charge in [-0.2, -0.15) is 0 Å². The van der Waals surface area contributed by atoms with E-state index >= 15 is 0 Å². The van der Waals surface area contributed by atoms with Gasteiger partial charge in [0.05, 0.1) is 0 Å². The first kappa shape index (κ1) is 13.0. The van der Waals surface area contributed by atoms with Crippen molar-refractivity contribution in [3.63, 3.8) is 0 Å². The lowest BCUT2D eigenvalue weighted by atomic mass is 10.4. The zero-order chi connectivity index (χ0) is 13.3. The van der Waals surface area contributed by atoms with Crippen LogP contribution in [-0.2, 0) is 21.7 Å². The number of rotatable bonds is 3. The van der Waals surface area contributed by atoms with E-state index in [4.69, 9.17) is 0 Å². The normalized spacial score (nSPS) is 18.0. The fraction of sp³-hybridized carbons (Fsp3) is 0.700. The first-order chi connectivity index (χ1) is 8.44. The molecule has 0 aliphatic carbocycles. The topological polar surface area (TPSA) is 85.2 Å². The van der Waals surface area contributed by atoms with Crippen LogP contribution in [0.3, 0.4) is 0 Å². The van der Waals surface area contributed by atoms with Crippen LogP contribution in [0.1, 0.15) is 19.8 Å². The smallest absolute Gasteiger partial charge is 0.250 e. The number of carbonyl (C=O) groups is 1. The molecule has 7 nitrogen and oxygen atoms in total. The van der Waals surface area contributed by atoms with Gasteiger partial charge in [0.1, 0.15) is 11.6 Å². The van der Waals surface area contributed by atoms with Gasteiger partial charge in [0.15, 0.2) is 0 Å². The summed E-state index contributed by atoms with van der Waals surface area (Å²) in [7, 11) is -2.22. The average molecular weight is 272 g/mol. The third-order valence-corrected chi connectivity index (χ3v) is 5.17. The van der Waals surface area contributed by atoms with E-state index in [9.17, 15) is 13.2 Å².